The Morgan fingerprint density at radius 1 is 1.07 bits per heavy atom. The number of carbonyl (C=O) groups excluding carboxylic acids is 1. The summed E-state index contributed by atoms with van der Waals surface area (Å²) >= 11 is 0. The molecule has 2 aromatic heterocycles. The smallest absolute Gasteiger partial charge is 0.293 e. The van der Waals surface area contributed by atoms with Crippen LogP contribution in [0.25, 0.3) is 17.3 Å². The fourth-order valence-corrected chi connectivity index (χ4v) is 3.22. The van der Waals surface area contributed by atoms with Crippen molar-refractivity contribution >= 4 is 5.91 Å². The van der Waals surface area contributed by atoms with Gasteiger partial charge in [-0.15, -0.1) is 5.10 Å². The fraction of sp³-hybridized carbons (Fsp3) is 0.350. The number of benzene rings is 1. The molecule has 1 amide bonds. The summed E-state index contributed by atoms with van der Waals surface area (Å²) in [6.45, 7) is 5.29. The fourth-order valence-electron chi connectivity index (χ4n) is 3.22. The standard InChI is InChI=1S/C20H23N5O2/c1-15-6-8-16(9-7-15)25-19(17-5-3-14-27-17)21-18(22-25)20(26)24-11-4-10-23(2)12-13-24/h3,5-9,14H,4,10-13H2,1-2H3. The van der Waals surface area contributed by atoms with Crippen molar-refractivity contribution in [3.05, 3.63) is 54.0 Å². The van der Waals surface area contributed by atoms with Crippen molar-refractivity contribution in [2.75, 3.05) is 33.2 Å². The average Bonchev–Trinajstić information content (AvgIpc) is 3.29. The second kappa shape index (κ2) is 7.36. The van der Waals surface area contributed by atoms with Gasteiger partial charge in [0.05, 0.1) is 12.0 Å². The molecule has 0 atom stereocenters. The summed E-state index contributed by atoms with van der Waals surface area (Å²) in [4.78, 5) is 21.6. The maximum absolute atomic E-state index is 13.0. The van der Waals surface area contributed by atoms with Crippen LogP contribution in [0.1, 0.15) is 22.6 Å². The Morgan fingerprint density at radius 2 is 1.89 bits per heavy atom. The lowest BCUT2D eigenvalue weighted by atomic mass is 10.2. The van der Waals surface area contributed by atoms with Gasteiger partial charge in [-0.1, -0.05) is 17.7 Å². The molecule has 3 heterocycles. The first kappa shape index (κ1) is 17.5. The monoisotopic (exact) mass is 365 g/mol. The number of aromatic nitrogens is 3. The van der Waals surface area contributed by atoms with E-state index in [4.69, 9.17) is 4.42 Å². The largest absolute Gasteiger partial charge is 0.461 e. The normalized spacial score (nSPS) is 15.7. The highest BCUT2D eigenvalue weighted by Gasteiger charge is 2.25. The number of rotatable bonds is 3. The molecule has 7 heteroatoms. The zero-order valence-corrected chi connectivity index (χ0v) is 15.6. The number of furan rings is 1. The molecule has 3 aromatic rings. The average molecular weight is 365 g/mol. The third-order valence-corrected chi connectivity index (χ3v) is 4.83. The number of nitrogens with zero attached hydrogens (tertiary/aromatic N) is 5. The molecule has 0 N–H and O–H groups in total. The van der Waals surface area contributed by atoms with E-state index in [9.17, 15) is 4.79 Å². The maximum Gasteiger partial charge on any atom is 0.293 e. The molecule has 1 aliphatic rings. The van der Waals surface area contributed by atoms with Gasteiger partial charge in [-0.2, -0.15) is 4.98 Å². The Hall–Kier alpha value is -2.93. The topological polar surface area (TPSA) is 67.4 Å². The van der Waals surface area contributed by atoms with Crippen LogP contribution in [0.15, 0.2) is 47.1 Å². The Bertz CT molecular complexity index is 915. The van der Waals surface area contributed by atoms with Crippen molar-refractivity contribution < 1.29 is 9.21 Å². The number of aryl methyl sites for hydroxylation is 1. The van der Waals surface area contributed by atoms with Crippen LogP contribution in [0.2, 0.25) is 0 Å². The molecule has 0 saturated carbocycles. The first-order valence-electron chi connectivity index (χ1n) is 9.17. The van der Waals surface area contributed by atoms with Crippen molar-refractivity contribution in [3.63, 3.8) is 0 Å². The van der Waals surface area contributed by atoms with Crippen LogP contribution in [0.5, 0.6) is 0 Å². The number of hydrogen-bond donors (Lipinski definition) is 0. The molecule has 0 bridgehead atoms. The van der Waals surface area contributed by atoms with Gasteiger partial charge in [0.1, 0.15) is 0 Å². The predicted octanol–water partition coefficient (Wildman–Crippen LogP) is 2.61. The van der Waals surface area contributed by atoms with Crippen molar-refractivity contribution in [1.82, 2.24) is 24.6 Å². The first-order chi connectivity index (χ1) is 13.1. The summed E-state index contributed by atoms with van der Waals surface area (Å²) in [5.41, 5.74) is 2.00. The second-order valence-corrected chi connectivity index (χ2v) is 6.93. The van der Waals surface area contributed by atoms with Crippen LogP contribution in [0.4, 0.5) is 0 Å². The molecule has 1 aliphatic heterocycles. The van der Waals surface area contributed by atoms with Crippen LogP contribution < -0.4 is 0 Å². The number of carbonyl (C=O) groups is 1. The summed E-state index contributed by atoms with van der Waals surface area (Å²) in [6, 6.07) is 11.6. The third-order valence-electron chi connectivity index (χ3n) is 4.83. The molecule has 1 fully saturated rings. The first-order valence-corrected chi connectivity index (χ1v) is 9.17. The summed E-state index contributed by atoms with van der Waals surface area (Å²) < 4.78 is 7.20. The Kier molecular flexibility index (Phi) is 4.77. The minimum Gasteiger partial charge on any atom is -0.461 e. The molecule has 0 unspecified atom stereocenters. The van der Waals surface area contributed by atoms with Gasteiger partial charge in [-0.05, 0) is 51.2 Å². The quantitative estimate of drug-likeness (QED) is 0.714. The Morgan fingerprint density at radius 3 is 2.63 bits per heavy atom. The molecule has 1 aromatic carbocycles. The Labute approximate surface area is 158 Å². The molecular weight excluding hydrogens is 342 g/mol. The van der Waals surface area contributed by atoms with Crippen LogP contribution >= 0.6 is 0 Å². The van der Waals surface area contributed by atoms with E-state index in [1.54, 1.807) is 17.0 Å². The summed E-state index contributed by atoms with van der Waals surface area (Å²) in [5.74, 6) is 1.17. The molecule has 140 valence electrons. The van der Waals surface area contributed by atoms with Crippen molar-refractivity contribution in [1.29, 1.82) is 0 Å². The number of hydrogen-bond acceptors (Lipinski definition) is 5. The molecule has 0 spiro atoms. The molecule has 4 rings (SSSR count). The molecule has 7 nitrogen and oxygen atoms in total. The number of likely N-dealkylation sites (N-methyl/N-ethyl adjacent to an activating group) is 1. The van der Waals surface area contributed by atoms with Crippen LogP contribution in [0.3, 0.4) is 0 Å². The third kappa shape index (κ3) is 3.64. The van der Waals surface area contributed by atoms with Gasteiger partial charge >= 0.3 is 0 Å². The van der Waals surface area contributed by atoms with E-state index in [1.807, 2.05) is 42.2 Å². The molecule has 1 saturated heterocycles. The minimum absolute atomic E-state index is 0.135. The zero-order chi connectivity index (χ0) is 18.8. The van der Waals surface area contributed by atoms with E-state index in [0.29, 0.717) is 18.1 Å². The van der Waals surface area contributed by atoms with Crippen molar-refractivity contribution in [2.24, 2.45) is 0 Å². The molecule has 0 aliphatic carbocycles. The van der Waals surface area contributed by atoms with Gasteiger partial charge in [0, 0.05) is 19.6 Å². The lowest BCUT2D eigenvalue weighted by Gasteiger charge is -2.18. The van der Waals surface area contributed by atoms with E-state index in [2.05, 4.69) is 22.0 Å². The van der Waals surface area contributed by atoms with Gasteiger partial charge in [-0.25, -0.2) is 4.68 Å². The second-order valence-electron chi connectivity index (χ2n) is 6.93. The molecule has 0 radical (unpaired) electrons. The minimum atomic E-state index is -0.135. The van der Waals surface area contributed by atoms with Gasteiger partial charge < -0.3 is 14.2 Å². The SMILES string of the molecule is Cc1ccc(-n2nc(C(=O)N3CCCN(C)CC3)nc2-c2ccco2)cc1. The van der Waals surface area contributed by atoms with Gasteiger partial charge in [0.15, 0.2) is 11.6 Å². The van der Waals surface area contributed by atoms with Crippen LogP contribution in [-0.4, -0.2) is 63.7 Å². The highest BCUT2D eigenvalue weighted by Crippen LogP contribution is 2.22. The lowest BCUT2D eigenvalue weighted by molar-refractivity contribution is 0.0750. The van der Waals surface area contributed by atoms with E-state index >= 15 is 0 Å². The van der Waals surface area contributed by atoms with Crippen molar-refractivity contribution in [3.8, 4) is 17.3 Å². The summed E-state index contributed by atoms with van der Waals surface area (Å²) in [5, 5.41) is 4.53. The van der Waals surface area contributed by atoms with Gasteiger partial charge in [0.2, 0.25) is 5.82 Å². The van der Waals surface area contributed by atoms with Crippen LogP contribution in [-0.2, 0) is 0 Å². The molecule has 27 heavy (non-hydrogen) atoms. The van der Waals surface area contributed by atoms with Gasteiger partial charge in [-0.3, -0.25) is 4.79 Å². The van der Waals surface area contributed by atoms with Gasteiger partial charge in [0.25, 0.3) is 5.91 Å². The highest BCUT2D eigenvalue weighted by molar-refractivity contribution is 5.91. The zero-order valence-electron chi connectivity index (χ0n) is 15.6. The maximum atomic E-state index is 13.0. The van der Waals surface area contributed by atoms with E-state index < -0.39 is 0 Å². The molecular formula is C20H23N5O2. The van der Waals surface area contributed by atoms with E-state index in [1.165, 1.54) is 0 Å². The summed E-state index contributed by atoms with van der Waals surface area (Å²) in [6.07, 6.45) is 2.54. The highest BCUT2D eigenvalue weighted by atomic mass is 16.3. The van der Waals surface area contributed by atoms with Crippen LogP contribution in [0, 0.1) is 6.92 Å². The summed E-state index contributed by atoms with van der Waals surface area (Å²) in [7, 11) is 2.08. The van der Waals surface area contributed by atoms with Crippen molar-refractivity contribution in [2.45, 2.75) is 13.3 Å². The predicted molar refractivity (Wildman–Crippen MR) is 102 cm³/mol. The van der Waals surface area contributed by atoms with E-state index in [-0.39, 0.29) is 11.7 Å². The lowest BCUT2D eigenvalue weighted by Crippen LogP contribution is -2.35. The van der Waals surface area contributed by atoms with E-state index in [0.717, 1.165) is 37.3 Å². The Balaban J connectivity index is 1.70. The number of amides is 1.